The van der Waals surface area contributed by atoms with Crippen molar-refractivity contribution in [3.63, 3.8) is 0 Å². The third-order valence-corrected chi connectivity index (χ3v) is 11.0. The Morgan fingerprint density at radius 3 is 2.57 bits per heavy atom. The maximum absolute atomic E-state index is 13.3. The Kier molecular flexibility index (Phi) is 5.22. The molecule has 170 valence electrons. The summed E-state index contributed by atoms with van der Waals surface area (Å²) in [6.45, 7) is 12.1. The quantitative estimate of drug-likeness (QED) is 0.648. The second-order valence-electron chi connectivity index (χ2n) is 12.9. The van der Waals surface area contributed by atoms with Crippen LogP contribution in [0.1, 0.15) is 92.4 Å². The number of aliphatic hydroxyl groups is 1. The predicted octanol–water partition coefficient (Wildman–Crippen LogP) is 5.63. The summed E-state index contributed by atoms with van der Waals surface area (Å²) in [7, 11) is 0. The van der Waals surface area contributed by atoms with Gasteiger partial charge in [0.1, 0.15) is 5.78 Å². The third-order valence-electron chi connectivity index (χ3n) is 11.0. The van der Waals surface area contributed by atoms with Crippen LogP contribution in [0.2, 0.25) is 0 Å². The largest absolute Gasteiger partial charge is 0.393 e. The van der Waals surface area contributed by atoms with Crippen molar-refractivity contribution in [2.24, 2.45) is 52.3 Å². The zero-order valence-corrected chi connectivity index (χ0v) is 19.9. The van der Waals surface area contributed by atoms with Crippen molar-refractivity contribution >= 4 is 5.78 Å². The topological polar surface area (TPSA) is 46.5 Å². The standard InChI is InChI=1S/C27H44O3/c1-15(2)6-7-23-16(3)25-24(30-23)14-20-18-13-22(29)21-12-17(28)8-10-26(21,4)19(18)9-11-27(20,25)5/h15-21,23-25,28H,6-14H2,1-5H3/t16-,17+,18-,19+,20+,21-,23?,24+,25+,26-,27+/m1/s1. The highest BCUT2D eigenvalue weighted by atomic mass is 16.5. The molecule has 1 heterocycles. The molecule has 3 nitrogen and oxygen atoms in total. The highest BCUT2D eigenvalue weighted by molar-refractivity contribution is 5.83. The molecule has 1 unspecified atom stereocenters. The molecule has 0 spiro atoms. The Bertz CT molecular complexity index is 688. The summed E-state index contributed by atoms with van der Waals surface area (Å²) >= 11 is 0. The van der Waals surface area contributed by atoms with E-state index in [1.165, 1.54) is 32.1 Å². The van der Waals surface area contributed by atoms with Gasteiger partial charge in [-0.25, -0.2) is 0 Å². The second kappa shape index (κ2) is 7.30. The number of hydrogen-bond acceptors (Lipinski definition) is 3. The number of carbonyl (C=O) groups is 1. The van der Waals surface area contributed by atoms with E-state index in [0.717, 1.165) is 25.2 Å². The predicted molar refractivity (Wildman–Crippen MR) is 119 cm³/mol. The van der Waals surface area contributed by atoms with E-state index in [-0.39, 0.29) is 17.4 Å². The molecule has 0 aromatic rings. The van der Waals surface area contributed by atoms with Crippen molar-refractivity contribution in [1.29, 1.82) is 0 Å². The van der Waals surface area contributed by atoms with Gasteiger partial charge in [0.2, 0.25) is 0 Å². The Hall–Kier alpha value is -0.410. The van der Waals surface area contributed by atoms with E-state index in [9.17, 15) is 9.90 Å². The molecule has 5 rings (SSSR count). The molecule has 3 heteroatoms. The molecule has 30 heavy (non-hydrogen) atoms. The van der Waals surface area contributed by atoms with Crippen LogP contribution in [-0.2, 0) is 9.53 Å². The summed E-state index contributed by atoms with van der Waals surface area (Å²) in [5, 5.41) is 10.2. The lowest BCUT2D eigenvalue weighted by Gasteiger charge is -2.60. The van der Waals surface area contributed by atoms with Crippen LogP contribution >= 0.6 is 0 Å². The average molecular weight is 417 g/mol. The van der Waals surface area contributed by atoms with Gasteiger partial charge in [-0.05, 0) is 97.7 Å². The molecule has 5 aliphatic rings. The van der Waals surface area contributed by atoms with E-state index in [1.807, 2.05) is 0 Å². The first-order valence-electron chi connectivity index (χ1n) is 13.0. The smallest absolute Gasteiger partial charge is 0.136 e. The van der Waals surface area contributed by atoms with Gasteiger partial charge in [-0.15, -0.1) is 0 Å². The molecule has 0 bridgehead atoms. The van der Waals surface area contributed by atoms with Crippen molar-refractivity contribution in [3.8, 4) is 0 Å². The Morgan fingerprint density at radius 1 is 1.10 bits per heavy atom. The molecule has 0 radical (unpaired) electrons. The van der Waals surface area contributed by atoms with Crippen LogP contribution in [0.5, 0.6) is 0 Å². The van der Waals surface area contributed by atoms with Crippen LogP contribution in [-0.4, -0.2) is 29.2 Å². The van der Waals surface area contributed by atoms with E-state index in [4.69, 9.17) is 4.74 Å². The van der Waals surface area contributed by atoms with Crippen molar-refractivity contribution in [1.82, 2.24) is 0 Å². The molecule has 4 saturated carbocycles. The van der Waals surface area contributed by atoms with Gasteiger partial charge in [-0.2, -0.15) is 0 Å². The summed E-state index contributed by atoms with van der Waals surface area (Å²) in [5.74, 6) is 4.48. The van der Waals surface area contributed by atoms with E-state index < -0.39 is 0 Å². The van der Waals surface area contributed by atoms with E-state index >= 15 is 0 Å². The summed E-state index contributed by atoms with van der Waals surface area (Å²) < 4.78 is 6.74. The number of ether oxygens (including phenoxy) is 1. The molecule has 5 fully saturated rings. The zero-order chi connectivity index (χ0) is 21.4. The molecular weight excluding hydrogens is 372 g/mol. The Balaban J connectivity index is 1.38. The molecule has 1 aliphatic heterocycles. The zero-order valence-electron chi connectivity index (χ0n) is 19.9. The van der Waals surface area contributed by atoms with Crippen molar-refractivity contribution in [3.05, 3.63) is 0 Å². The molecule has 0 aromatic carbocycles. The minimum atomic E-state index is -0.264. The lowest BCUT2D eigenvalue weighted by molar-refractivity contribution is -0.160. The number of rotatable bonds is 3. The molecule has 4 aliphatic carbocycles. The first kappa shape index (κ1) is 21.4. The SMILES string of the molecule is CC(C)CCC1O[C@H]2C[C@H]3[C@@H]4CC(=O)[C@H]5C[C@@H](O)CC[C@]5(C)[C@H]4CC[C@]3(C)[C@H]2[C@@H]1C. The fraction of sp³-hybridized carbons (Fsp3) is 0.963. The fourth-order valence-electron chi connectivity index (χ4n) is 9.53. The first-order valence-corrected chi connectivity index (χ1v) is 13.0. The Morgan fingerprint density at radius 2 is 1.83 bits per heavy atom. The minimum Gasteiger partial charge on any atom is -0.393 e. The number of fused-ring (bicyclic) bond motifs is 7. The molecule has 1 N–H and O–H groups in total. The maximum atomic E-state index is 13.3. The maximum Gasteiger partial charge on any atom is 0.136 e. The van der Waals surface area contributed by atoms with E-state index in [1.54, 1.807) is 0 Å². The monoisotopic (exact) mass is 416 g/mol. The van der Waals surface area contributed by atoms with E-state index in [2.05, 4.69) is 34.6 Å². The van der Waals surface area contributed by atoms with Crippen LogP contribution < -0.4 is 0 Å². The van der Waals surface area contributed by atoms with Gasteiger partial charge in [-0.1, -0.05) is 34.6 Å². The first-order chi connectivity index (χ1) is 14.1. The van der Waals surface area contributed by atoms with Gasteiger partial charge in [0.25, 0.3) is 0 Å². The summed E-state index contributed by atoms with van der Waals surface area (Å²) in [4.78, 5) is 13.3. The second-order valence-corrected chi connectivity index (χ2v) is 12.9. The van der Waals surface area contributed by atoms with Crippen LogP contribution in [0.3, 0.4) is 0 Å². The van der Waals surface area contributed by atoms with Crippen molar-refractivity contribution in [2.45, 2.75) is 111 Å². The van der Waals surface area contributed by atoms with Gasteiger partial charge in [0.05, 0.1) is 18.3 Å². The highest BCUT2D eigenvalue weighted by Crippen LogP contribution is 2.69. The summed E-state index contributed by atoms with van der Waals surface area (Å²) in [6.07, 6.45) is 10.2. The van der Waals surface area contributed by atoms with Gasteiger partial charge in [-0.3, -0.25) is 4.79 Å². The van der Waals surface area contributed by atoms with Crippen LogP contribution in [0.4, 0.5) is 0 Å². The Labute approximate surface area is 183 Å². The number of aliphatic hydroxyl groups excluding tert-OH is 1. The number of hydrogen-bond donors (Lipinski definition) is 1. The van der Waals surface area contributed by atoms with Crippen LogP contribution in [0.25, 0.3) is 0 Å². The third kappa shape index (κ3) is 3.00. The van der Waals surface area contributed by atoms with Gasteiger partial charge < -0.3 is 9.84 Å². The lowest BCUT2D eigenvalue weighted by atomic mass is 9.44. The van der Waals surface area contributed by atoms with Gasteiger partial charge in [0.15, 0.2) is 0 Å². The van der Waals surface area contributed by atoms with Gasteiger partial charge in [0, 0.05) is 12.3 Å². The average Bonchev–Trinajstić information content (AvgIpc) is 3.15. The summed E-state index contributed by atoms with van der Waals surface area (Å²) in [5.41, 5.74) is 0.458. The number of ketones is 1. The van der Waals surface area contributed by atoms with E-state index in [0.29, 0.717) is 59.4 Å². The molecule has 1 saturated heterocycles. The minimum absolute atomic E-state index is 0.100. The summed E-state index contributed by atoms with van der Waals surface area (Å²) in [6, 6.07) is 0. The highest BCUT2D eigenvalue weighted by Gasteiger charge is 2.66. The van der Waals surface area contributed by atoms with Crippen LogP contribution in [0, 0.1) is 52.3 Å². The molecular formula is C27H44O3. The lowest BCUT2D eigenvalue weighted by Crippen LogP contribution is -2.57. The molecule has 0 aromatic heterocycles. The van der Waals surface area contributed by atoms with Gasteiger partial charge >= 0.3 is 0 Å². The normalized spacial score (nSPS) is 55.2. The van der Waals surface area contributed by atoms with Crippen LogP contribution in [0.15, 0.2) is 0 Å². The van der Waals surface area contributed by atoms with Crippen molar-refractivity contribution < 1.29 is 14.6 Å². The number of carbonyl (C=O) groups excluding carboxylic acids is 1. The molecule has 11 atom stereocenters. The fourth-order valence-corrected chi connectivity index (χ4v) is 9.53. The van der Waals surface area contributed by atoms with Crippen molar-refractivity contribution in [2.75, 3.05) is 0 Å². The number of Topliss-reactive ketones (excluding diaryl/α,β-unsaturated/α-hetero) is 1. The molecule has 0 amide bonds.